The summed E-state index contributed by atoms with van der Waals surface area (Å²) < 4.78 is 127. The number of hydrogen-bond acceptors (Lipinski definition) is 27. The number of halogens is 8. The first-order valence-corrected chi connectivity index (χ1v) is 44.5. The SMILES string of the molecule is COC(=O)[C@@H]1Cc2c(ccc(OC)c2O)CN1c1nc2ccc(F)cc2o1.COC(=O)[C@@H]1Cc2c(ccc(OC)c2OCc2ccc(Cl)cc2)CN1c1nc2ccc(F)cc2o1.COc1ccc2c(c1OCc1ccc(Cl)cc1)C[C@@H](C(=O)O)N(c1nc3ccc(F)cc3o1)C2.COc1ccc2c(c1OCc1ccc(Cl)cc1)C[C@@H](C(=O)O)N(c1nc3ccc(F)cc3o1)C2.OCc1ccc(Cl)cc1. The molecule has 12 aromatic carbocycles. The van der Waals surface area contributed by atoms with Crippen molar-refractivity contribution in [2.24, 2.45) is 0 Å². The molecular weight excluding hydrogens is 1890 g/mol. The molecular formula is C102H86Cl4F4N8O21. The summed E-state index contributed by atoms with van der Waals surface area (Å²) in [5.41, 5.74) is 13.0. The molecule has 8 heterocycles. The molecule has 0 saturated carbocycles. The molecule has 4 atom stereocenters. The molecule has 37 heteroatoms. The van der Waals surface area contributed by atoms with Gasteiger partial charge in [0, 0.05) is 118 Å². The number of phenols is 1. The molecule has 0 saturated heterocycles. The van der Waals surface area contributed by atoms with E-state index in [9.17, 15) is 52.1 Å². The van der Waals surface area contributed by atoms with E-state index in [0.717, 1.165) is 61.2 Å². The number of benzene rings is 12. The molecule has 716 valence electrons. The van der Waals surface area contributed by atoms with Crippen molar-refractivity contribution < 1.29 is 117 Å². The third-order valence-corrected chi connectivity index (χ3v) is 24.5. The number of nitrogens with zero attached hydrogens (tertiary/aromatic N) is 8. The van der Waals surface area contributed by atoms with Crippen molar-refractivity contribution in [1.82, 2.24) is 19.9 Å². The summed E-state index contributed by atoms with van der Waals surface area (Å²) in [7, 11) is 8.74. The fraction of sp³-hybridized carbons (Fsp3) is 0.216. The highest BCUT2D eigenvalue weighted by atomic mass is 35.5. The number of oxazole rings is 4. The number of aromatic nitrogens is 4. The fourth-order valence-corrected chi connectivity index (χ4v) is 16.9. The standard InChI is InChI=1S/C26H22ClFN2O5.2C25H20ClFN2O5.C19H17FN2O5.C7H7ClO/c1-32-22-10-5-16-13-30(26-29-20-9-8-18(28)11-23(20)35-26)21(25(31)33-2)12-19(16)24(22)34-14-15-3-6-17(27)7-4-15;2*1-32-21-9-4-15-12-29(25-28-19-8-7-17(27)10-22(19)34-25)20(24(30)31)11-18(15)23(21)33-13-14-2-5-16(26)6-3-14;1-25-15-6-3-10-9-22(14(18(24)26-2)8-12(10)17(15)23)19-21-13-5-4-11(20)7-16(13)27-19;8-7-3-1-6(5-9)2-4-7/h3-11,21H,12-14H2,1-2H3;2*2-10,20H,11-13H2,1H3,(H,30,31);3-7,14,23H,8-9H2,1-2H3;1-4,9H,5H2/t21-;2*20-;14-;/m0000./s1. The molecule has 0 amide bonds. The molecule has 0 aliphatic carbocycles. The van der Waals surface area contributed by atoms with Gasteiger partial charge in [-0.1, -0.05) is 119 Å². The van der Waals surface area contributed by atoms with Crippen LogP contribution in [0.3, 0.4) is 0 Å². The van der Waals surface area contributed by atoms with Crippen LogP contribution >= 0.6 is 46.4 Å². The molecule has 0 bridgehead atoms. The van der Waals surface area contributed by atoms with Crippen LogP contribution in [0, 0.1) is 23.3 Å². The van der Waals surface area contributed by atoms with Gasteiger partial charge in [-0.3, -0.25) is 0 Å². The van der Waals surface area contributed by atoms with Gasteiger partial charge >= 0.3 is 23.9 Å². The van der Waals surface area contributed by atoms with Crippen LogP contribution in [-0.2, 0) is 107 Å². The number of esters is 2. The van der Waals surface area contributed by atoms with Gasteiger partial charge in [0.25, 0.3) is 24.1 Å². The van der Waals surface area contributed by atoms with Crippen LogP contribution in [0.1, 0.15) is 66.8 Å². The lowest BCUT2D eigenvalue weighted by molar-refractivity contribution is -0.143. The number of fused-ring (bicyclic) bond motifs is 8. The monoisotopic (exact) mass is 1970 g/mol. The van der Waals surface area contributed by atoms with E-state index in [2.05, 4.69) is 19.9 Å². The van der Waals surface area contributed by atoms with Crippen LogP contribution in [0.25, 0.3) is 44.4 Å². The minimum Gasteiger partial charge on any atom is -0.504 e. The zero-order valence-electron chi connectivity index (χ0n) is 74.9. The largest absolute Gasteiger partial charge is 0.504 e. The highest BCUT2D eigenvalue weighted by molar-refractivity contribution is 6.31. The average Bonchev–Trinajstić information content (AvgIpc) is 0.929. The molecule has 4 aliphatic rings. The summed E-state index contributed by atoms with van der Waals surface area (Å²) in [5, 5.41) is 41.6. The number of carbonyl (C=O) groups excluding carboxylic acids is 2. The number of carboxylic acids is 2. The van der Waals surface area contributed by atoms with Crippen molar-refractivity contribution in [3.8, 4) is 46.0 Å². The molecule has 0 fully saturated rings. The topological polar surface area (TPSA) is 349 Å². The van der Waals surface area contributed by atoms with Gasteiger partial charge in [0.05, 0.1) is 49.3 Å². The van der Waals surface area contributed by atoms with Crippen molar-refractivity contribution in [3.05, 3.63) is 329 Å². The Hall–Kier alpha value is -15.2. The number of hydrogen-bond donors (Lipinski definition) is 4. The van der Waals surface area contributed by atoms with Crippen LogP contribution in [0.2, 0.25) is 20.1 Å². The number of methoxy groups -OCH3 is 6. The highest BCUT2D eigenvalue weighted by Gasteiger charge is 2.43. The lowest BCUT2D eigenvalue weighted by Gasteiger charge is -2.35. The smallest absolute Gasteiger partial charge is 0.329 e. The Morgan fingerprint density at radius 3 is 0.863 bits per heavy atom. The number of aliphatic carboxylic acids is 2. The molecule has 0 unspecified atom stereocenters. The van der Waals surface area contributed by atoms with E-state index in [4.69, 9.17) is 112 Å². The molecule has 29 nitrogen and oxygen atoms in total. The van der Waals surface area contributed by atoms with Crippen molar-refractivity contribution in [2.45, 2.75) is 102 Å². The van der Waals surface area contributed by atoms with Crippen LogP contribution in [0.4, 0.5) is 41.6 Å². The van der Waals surface area contributed by atoms with E-state index < -0.39 is 71.3 Å². The first kappa shape index (κ1) is 96.9. The number of ether oxygens (including phenoxy) is 9. The second-order valence-electron chi connectivity index (χ2n) is 32.0. The van der Waals surface area contributed by atoms with E-state index in [1.807, 2.05) is 66.7 Å². The minimum atomic E-state index is -1.04. The van der Waals surface area contributed by atoms with Gasteiger partial charge in [-0.2, -0.15) is 19.9 Å². The minimum absolute atomic E-state index is 0.00295. The predicted octanol–water partition coefficient (Wildman–Crippen LogP) is 20.4. The molecule has 4 N–H and O–H groups in total. The summed E-state index contributed by atoms with van der Waals surface area (Å²) in [5.74, 6) is -1.29. The van der Waals surface area contributed by atoms with E-state index in [1.54, 1.807) is 106 Å². The van der Waals surface area contributed by atoms with Crippen molar-refractivity contribution in [1.29, 1.82) is 0 Å². The van der Waals surface area contributed by atoms with Gasteiger partial charge in [0.15, 0.2) is 68.3 Å². The average molecular weight is 1980 g/mol. The Labute approximate surface area is 810 Å². The van der Waals surface area contributed by atoms with Crippen LogP contribution in [-0.4, -0.2) is 131 Å². The lowest BCUT2D eigenvalue weighted by atomic mass is 9.92. The van der Waals surface area contributed by atoms with E-state index in [1.165, 1.54) is 108 Å². The zero-order chi connectivity index (χ0) is 98.0. The molecule has 4 aromatic heterocycles. The molecule has 0 radical (unpaired) electrons. The Morgan fingerprint density at radius 1 is 0.345 bits per heavy atom. The van der Waals surface area contributed by atoms with Crippen molar-refractivity contribution >= 4 is 139 Å². The Kier molecular flexibility index (Phi) is 30.0. The van der Waals surface area contributed by atoms with Gasteiger partial charge in [-0.15, -0.1) is 0 Å². The Balaban J connectivity index is 0.000000130. The number of rotatable bonds is 22. The maximum absolute atomic E-state index is 13.7. The van der Waals surface area contributed by atoms with Crippen molar-refractivity contribution in [2.75, 3.05) is 62.3 Å². The van der Waals surface area contributed by atoms with Gasteiger partial charge in [0.1, 0.15) is 89.3 Å². The van der Waals surface area contributed by atoms with E-state index in [0.29, 0.717) is 107 Å². The van der Waals surface area contributed by atoms with E-state index >= 15 is 0 Å². The predicted molar refractivity (Wildman–Crippen MR) is 508 cm³/mol. The maximum Gasteiger partial charge on any atom is 0.329 e. The number of carbonyl (C=O) groups is 4. The summed E-state index contributed by atoms with van der Waals surface area (Å²) in [6.45, 7) is 1.94. The first-order valence-electron chi connectivity index (χ1n) is 43.0. The Bertz CT molecular complexity index is 6990. The number of aromatic hydroxyl groups is 1. The Morgan fingerprint density at radius 2 is 0.597 bits per heavy atom. The third kappa shape index (κ3) is 22.0. The number of carboxylic acid groups (broad SMARTS) is 2. The number of phenolic OH excluding ortho intramolecular Hbond substituents is 1. The molecule has 139 heavy (non-hydrogen) atoms. The number of anilines is 4. The second-order valence-corrected chi connectivity index (χ2v) is 33.8. The molecule has 20 rings (SSSR count). The normalized spacial score (nSPS) is 15.0. The third-order valence-electron chi connectivity index (χ3n) is 23.5. The summed E-state index contributed by atoms with van der Waals surface area (Å²) in [6, 6.07) is 57.0. The van der Waals surface area contributed by atoms with Gasteiger partial charge in [0.2, 0.25) is 0 Å². The van der Waals surface area contributed by atoms with Crippen LogP contribution in [0.5, 0.6) is 46.0 Å². The highest BCUT2D eigenvalue weighted by Crippen LogP contribution is 2.47. The number of aliphatic hydroxyl groups excluding tert-OH is 1. The molecule has 16 aromatic rings. The van der Waals surface area contributed by atoms with E-state index in [-0.39, 0.29) is 112 Å². The summed E-state index contributed by atoms with van der Waals surface area (Å²) >= 11 is 23.5. The second kappa shape index (κ2) is 43.0. The quantitative estimate of drug-likeness (QED) is 0.0362. The van der Waals surface area contributed by atoms with Crippen LogP contribution < -0.4 is 52.8 Å². The fourth-order valence-electron chi connectivity index (χ4n) is 16.4. The van der Waals surface area contributed by atoms with Crippen molar-refractivity contribution in [3.63, 3.8) is 0 Å². The zero-order valence-corrected chi connectivity index (χ0v) is 77.9. The van der Waals surface area contributed by atoms with Gasteiger partial charge < -0.3 is 100 Å². The van der Waals surface area contributed by atoms with Crippen LogP contribution in [0.15, 0.2) is 236 Å². The first-order chi connectivity index (χ1) is 67.1. The van der Waals surface area contributed by atoms with Gasteiger partial charge in [-0.25, -0.2) is 36.7 Å². The lowest BCUT2D eigenvalue weighted by Crippen LogP contribution is -2.46. The van der Waals surface area contributed by atoms with Gasteiger partial charge in [-0.05, 0) is 166 Å². The molecule has 4 aliphatic heterocycles. The molecule has 0 spiro atoms. The summed E-state index contributed by atoms with van der Waals surface area (Å²) in [4.78, 5) is 73.8. The summed E-state index contributed by atoms with van der Waals surface area (Å²) in [6.07, 6.45) is 0.760. The maximum atomic E-state index is 13.7. The number of aliphatic hydroxyl groups is 1.